The average molecular weight is 169 g/mol. The number of unbranched alkanes of at least 4 members (excludes halogenated alkanes) is 3. The van der Waals surface area contributed by atoms with Gasteiger partial charge < -0.3 is 0 Å². The number of hydrogen-bond acceptors (Lipinski definition) is 4. The Morgan fingerprint density at radius 3 is 2.83 bits per heavy atom. The molecule has 2 N–H and O–H groups in total. The first-order valence-electron chi connectivity index (χ1n) is 4.56. The maximum Gasteiger partial charge on any atom is 0.561 e. The van der Waals surface area contributed by atoms with Gasteiger partial charge in [-0.2, -0.15) is 0 Å². The Balaban J connectivity index is 1.98. The van der Waals surface area contributed by atoms with Crippen molar-refractivity contribution in [3.05, 3.63) is 0 Å². The zero-order chi connectivity index (χ0) is 8.81. The molecule has 0 aliphatic carbocycles. The fraction of sp³-hybridized carbons (Fsp3) is 0.875. The van der Waals surface area contributed by atoms with E-state index in [2.05, 4.69) is 18.4 Å². The summed E-state index contributed by atoms with van der Waals surface area (Å²) in [5, 5.41) is 7.41. The average Bonchev–Trinajstić information content (AvgIpc) is 2.45. The van der Waals surface area contributed by atoms with Crippen LogP contribution in [-0.4, -0.2) is 29.6 Å². The van der Waals surface area contributed by atoms with Crippen LogP contribution in [0.1, 0.15) is 32.6 Å². The molecule has 1 aliphatic rings. The van der Waals surface area contributed by atoms with Gasteiger partial charge >= 0.3 is 6.34 Å². The number of nitrogens with zero attached hydrogens (tertiary/aromatic N) is 3. The summed E-state index contributed by atoms with van der Waals surface area (Å²) in [5.74, 6) is 5.44. The third kappa shape index (κ3) is 3.03. The summed E-state index contributed by atoms with van der Waals surface area (Å²) < 4.78 is 0. The van der Waals surface area contributed by atoms with Crippen molar-refractivity contribution in [3.8, 4) is 0 Å². The van der Waals surface area contributed by atoms with Gasteiger partial charge in [-0.05, 0) is 6.42 Å². The fourth-order valence-electron chi connectivity index (χ4n) is 1.20. The topological polar surface area (TPSA) is 44.9 Å². The molecular formula is C8H17N4+. The standard InChI is InChI=1S/C8H17N4/c1-2-3-4-5-6-12-8-11(9)7-10-12/h2-6,8-9H2,1H3/q+1. The molecule has 68 valence electrons. The van der Waals surface area contributed by atoms with Crippen molar-refractivity contribution < 1.29 is 0 Å². The number of hydrogen-bond donors (Lipinski definition) is 1. The molecule has 1 heterocycles. The van der Waals surface area contributed by atoms with E-state index in [0.717, 1.165) is 6.54 Å². The van der Waals surface area contributed by atoms with E-state index in [0.29, 0.717) is 6.67 Å². The second-order valence-corrected chi connectivity index (χ2v) is 3.10. The zero-order valence-corrected chi connectivity index (χ0v) is 7.66. The van der Waals surface area contributed by atoms with Gasteiger partial charge in [-0.1, -0.05) is 31.2 Å². The summed E-state index contributed by atoms with van der Waals surface area (Å²) >= 11 is 0. The molecule has 0 saturated heterocycles. The lowest BCUT2D eigenvalue weighted by Gasteiger charge is -2.07. The number of nitrogens with two attached hydrogens (primary N) is 1. The molecule has 1 rings (SSSR count). The molecule has 0 aromatic heterocycles. The first-order chi connectivity index (χ1) is 5.83. The van der Waals surface area contributed by atoms with E-state index in [1.807, 2.05) is 5.01 Å². The summed E-state index contributed by atoms with van der Waals surface area (Å²) in [5.41, 5.74) is 0. The van der Waals surface area contributed by atoms with Crippen molar-refractivity contribution in [1.29, 1.82) is 0 Å². The predicted molar refractivity (Wildman–Crippen MR) is 49.2 cm³/mol. The van der Waals surface area contributed by atoms with Crippen LogP contribution in [0.3, 0.4) is 0 Å². The quantitative estimate of drug-likeness (QED) is 0.377. The maximum absolute atomic E-state index is 5.44. The van der Waals surface area contributed by atoms with Crippen LogP contribution in [0.2, 0.25) is 0 Å². The minimum absolute atomic E-state index is 0.687. The van der Waals surface area contributed by atoms with Crippen molar-refractivity contribution in [2.24, 2.45) is 10.9 Å². The molecule has 0 aromatic rings. The molecule has 4 nitrogen and oxygen atoms in total. The number of hydrazine groups is 1. The van der Waals surface area contributed by atoms with Gasteiger partial charge in [0.05, 0.1) is 0 Å². The SMILES string of the molecule is CCCCCCN1CN(N)[C+]=N1. The van der Waals surface area contributed by atoms with Crippen LogP contribution in [0.5, 0.6) is 0 Å². The molecule has 4 heteroatoms. The van der Waals surface area contributed by atoms with Crippen LogP contribution in [0.4, 0.5) is 0 Å². The van der Waals surface area contributed by atoms with E-state index in [9.17, 15) is 0 Å². The molecule has 0 amide bonds. The van der Waals surface area contributed by atoms with E-state index in [-0.39, 0.29) is 0 Å². The van der Waals surface area contributed by atoms with Crippen molar-refractivity contribution in [2.75, 3.05) is 13.2 Å². The first-order valence-corrected chi connectivity index (χ1v) is 4.56. The molecular weight excluding hydrogens is 152 g/mol. The predicted octanol–water partition coefficient (Wildman–Crippen LogP) is 0.836. The Labute approximate surface area is 74.0 Å². The Morgan fingerprint density at radius 1 is 1.42 bits per heavy atom. The minimum atomic E-state index is 0.687. The van der Waals surface area contributed by atoms with Crippen LogP contribution in [0.25, 0.3) is 0 Å². The third-order valence-electron chi connectivity index (χ3n) is 1.90. The summed E-state index contributed by atoms with van der Waals surface area (Å²) in [7, 11) is 0. The van der Waals surface area contributed by atoms with Gasteiger partial charge in [0.2, 0.25) is 0 Å². The Kier molecular flexibility index (Phi) is 3.77. The molecule has 12 heavy (non-hydrogen) atoms. The molecule has 0 atom stereocenters. The smallest absolute Gasteiger partial charge is 0.223 e. The van der Waals surface area contributed by atoms with Crippen molar-refractivity contribution in [3.63, 3.8) is 0 Å². The largest absolute Gasteiger partial charge is 0.561 e. The van der Waals surface area contributed by atoms with Gasteiger partial charge in [-0.25, -0.2) is 10.9 Å². The zero-order valence-electron chi connectivity index (χ0n) is 7.66. The normalized spacial score (nSPS) is 15.5. The highest BCUT2D eigenvalue weighted by Crippen LogP contribution is 2.03. The lowest BCUT2D eigenvalue weighted by atomic mass is 10.2. The molecule has 0 fully saturated rings. The summed E-state index contributed by atoms with van der Waals surface area (Å²) in [6.07, 6.45) is 7.75. The van der Waals surface area contributed by atoms with Gasteiger partial charge in [0.1, 0.15) is 5.10 Å². The Bertz CT molecular complexity index is 146. The van der Waals surface area contributed by atoms with E-state index in [4.69, 9.17) is 5.84 Å². The molecule has 0 aromatic carbocycles. The van der Waals surface area contributed by atoms with Crippen molar-refractivity contribution >= 4 is 6.34 Å². The van der Waals surface area contributed by atoms with Gasteiger partial charge in [0, 0.05) is 6.54 Å². The van der Waals surface area contributed by atoms with Crippen LogP contribution in [-0.2, 0) is 0 Å². The molecule has 1 aliphatic heterocycles. The highest BCUT2D eigenvalue weighted by atomic mass is 15.6. The van der Waals surface area contributed by atoms with E-state index >= 15 is 0 Å². The van der Waals surface area contributed by atoms with Gasteiger partial charge in [0.15, 0.2) is 6.67 Å². The Morgan fingerprint density at radius 2 is 2.25 bits per heavy atom. The first kappa shape index (κ1) is 9.23. The van der Waals surface area contributed by atoms with Crippen LogP contribution < -0.4 is 5.84 Å². The van der Waals surface area contributed by atoms with E-state index in [1.165, 1.54) is 30.7 Å². The number of rotatable bonds is 5. The van der Waals surface area contributed by atoms with Crippen LogP contribution >= 0.6 is 0 Å². The second kappa shape index (κ2) is 4.91. The molecule has 0 unspecified atom stereocenters. The molecule has 0 saturated carbocycles. The van der Waals surface area contributed by atoms with Gasteiger partial charge in [-0.3, -0.25) is 0 Å². The highest BCUT2D eigenvalue weighted by molar-refractivity contribution is 5.54. The second-order valence-electron chi connectivity index (χ2n) is 3.10. The fourth-order valence-corrected chi connectivity index (χ4v) is 1.20. The third-order valence-corrected chi connectivity index (χ3v) is 1.90. The summed E-state index contributed by atoms with van der Waals surface area (Å²) in [6.45, 7) is 3.90. The molecule has 0 bridgehead atoms. The molecule has 0 spiro atoms. The van der Waals surface area contributed by atoms with Crippen molar-refractivity contribution in [1.82, 2.24) is 10.0 Å². The van der Waals surface area contributed by atoms with Gasteiger partial charge in [-0.15, -0.1) is 0 Å². The number of hydrazone groups is 1. The monoisotopic (exact) mass is 169 g/mol. The molecule has 0 radical (unpaired) electrons. The highest BCUT2D eigenvalue weighted by Gasteiger charge is 2.23. The summed E-state index contributed by atoms with van der Waals surface area (Å²) in [4.78, 5) is 0. The van der Waals surface area contributed by atoms with Crippen LogP contribution in [0.15, 0.2) is 5.10 Å². The lowest BCUT2D eigenvalue weighted by molar-refractivity contribution is 0.233. The minimum Gasteiger partial charge on any atom is -0.223 e. The maximum atomic E-state index is 5.44. The van der Waals surface area contributed by atoms with E-state index in [1.54, 1.807) is 0 Å². The van der Waals surface area contributed by atoms with Gasteiger partial charge in [0.25, 0.3) is 0 Å². The van der Waals surface area contributed by atoms with Crippen molar-refractivity contribution in [2.45, 2.75) is 32.6 Å². The summed E-state index contributed by atoms with van der Waals surface area (Å²) in [6, 6.07) is 0. The van der Waals surface area contributed by atoms with E-state index < -0.39 is 0 Å². The van der Waals surface area contributed by atoms with Crippen LogP contribution in [0, 0.1) is 0 Å². The lowest BCUT2D eigenvalue weighted by Crippen LogP contribution is -2.32. The Hall–Kier alpha value is -0.860.